The molecule has 0 fully saturated rings. The predicted octanol–water partition coefficient (Wildman–Crippen LogP) is 3.58. The molecule has 144 valence electrons. The van der Waals surface area contributed by atoms with Gasteiger partial charge in [0.05, 0.1) is 26.3 Å². The van der Waals surface area contributed by atoms with Crippen molar-refractivity contribution in [3.8, 4) is 11.5 Å². The Labute approximate surface area is 163 Å². The molecule has 0 heterocycles. The van der Waals surface area contributed by atoms with Crippen LogP contribution in [0.2, 0.25) is 0 Å². The van der Waals surface area contributed by atoms with E-state index in [1.54, 1.807) is 18.2 Å². The molecule has 0 aliphatic heterocycles. The minimum Gasteiger partial charge on any atom is -0.497 e. The molecule has 3 rings (SSSR count). The van der Waals surface area contributed by atoms with Gasteiger partial charge in [-0.05, 0) is 28.5 Å². The van der Waals surface area contributed by atoms with Crippen LogP contribution in [0.5, 0.6) is 11.5 Å². The third-order valence-electron chi connectivity index (χ3n) is 4.26. The molecule has 3 aromatic rings. The Kier molecular flexibility index (Phi) is 6.11. The SMILES string of the molecule is COc1ccc(OC)c(NC(=O)COC(=O)Cc2cccc3ccccc23)c1. The lowest BCUT2D eigenvalue weighted by Gasteiger charge is -2.12. The molecular formula is C22H21NO5. The third kappa shape index (κ3) is 4.59. The Bertz CT molecular complexity index is 994. The Morgan fingerprint density at radius 3 is 2.50 bits per heavy atom. The fraction of sp³-hybridized carbons (Fsp3) is 0.182. The van der Waals surface area contributed by atoms with E-state index in [1.807, 2.05) is 42.5 Å². The number of esters is 1. The summed E-state index contributed by atoms with van der Waals surface area (Å²) in [5.74, 6) is 0.127. The molecule has 0 saturated heterocycles. The number of benzene rings is 3. The van der Waals surface area contributed by atoms with Crippen LogP contribution in [0, 0.1) is 0 Å². The lowest BCUT2D eigenvalue weighted by Crippen LogP contribution is -2.22. The van der Waals surface area contributed by atoms with Crippen molar-refractivity contribution in [2.75, 3.05) is 26.1 Å². The molecule has 0 aliphatic carbocycles. The summed E-state index contributed by atoms with van der Waals surface area (Å²) in [4.78, 5) is 24.4. The van der Waals surface area contributed by atoms with Crippen LogP contribution in [-0.4, -0.2) is 32.7 Å². The van der Waals surface area contributed by atoms with E-state index in [9.17, 15) is 9.59 Å². The summed E-state index contributed by atoms with van der Waals surface area (Å²) in [6.07, 6.45) is 0.0944. The topological polar surface area (TPSA) is 73.9 Å². The van der Waals surface area contributed by atoms with Gasteiger partial charge in [-0.2, -0.15) is 0 Å². The van der Waals surface area contributed by atoms with Crippen LogP contribution in [0.15, 0.2) is 60.7 Å². The van der Waals surface area contributed by atoms with Crippen LogP contribution in [0.3, 0.4) is 0 Å². The number of amides is 1. The molecule has 1 amide bonds. The van der Waals surface area contributed by atoms with Gasteiger partial charge in [-0.3, -0.25) is 9.59 Å². The summed E-state index contributed by atoms with van der Waals surface area (Å²) in [6, 6.07) is 18.6. The highest BCUT2D eigenvalue weighted by Gasteiger charge is 2.13. The van der Waals surface area contributed by atoms with E-state index in [0.29, 0.717) is 17.2 Å². The zero-order chi connectivity index (χ0) is 19.9. The van der Waals surface area contributed by atoms with Gasteiger partial charge >= 0.3 is 5.97 Å². The smallest absolute Gasteiger partial charge is 0.310 e. The molecule has 3 aromatic carbocycles. The van der Waals surface area contributed by atoms with Gasteiger partial charge in [0.15, 0.2) is 6.61 Å². The Balaban J connectivity index is 1.59. The number of rotatable bonds is 7. The fourth-order valence-electron chi connectivity index (χ4n) is 2.90. The summed E-state index contributed by atoms with van der Waals surface area (Å²) in [5, 5.41) is 4.71. The Morgan fingerprint density at radius 1 is 0.929 bits per heavy atom. The van der Waals surface area contributed by atoms with Crippen LogP contribution in [0.1, 0.15) is 5.56 Å². The number of hydrogen-bond donors (Lipinski definition) is 1. The minimum atomic E-state index is -0.468. The average molecular weight is 379 g/mol. The van der Waals surface area contributed by atoms with Gasteiger partial charge < -0.3 is 19.5 Å². The molecule has 0 spiro atoms. The van der Waals surface area contributed by atoms with Crippen molar-refractivity contribution in [1.82, 2.24) is 0 Å². The lowest BCUT2D eigenvalue weighted by atomic mass is 10.0. The van der Waals surface area contributed by atoms with Crippen molar-refractivity contribution in [2.45, 2.75) is 6.42 Å². The van der Waals surface area contributed by atoms with Gasteiger partial charge in [0, 0.05) is 6.07 Å². The van der Waals surface area contributed by atoms with Gasteiger partial charge in [-0.1, -0.05) is 42.5 Å². The molecule has 1 N–H and O–H groups in total. The van der Waals surface area contributed by atoms with Crippen molar-refractivity contribution in [2.24, 2.45) is 0 Å². The first-order chi connectivity index (χ1) is 13.6. The maximum Gasteiger partial charge on any atom is 0.310 e. The zero-order valence-corrected chi connectivity index (χ0v) is 15.7. The molecule has 0 unspecified atom stereocenters. The molecule has 6 heteroatoms. The average Bonchev–Trinajstić information content (AvgIpc) is 2.72. The number of hydrogen-bond acceptors (Lipinski definition) is 5. The number of ether oxygens (including phenoxy) is 3. The fourth-order valence-corrected chi connectivity index (χ4v) is 2.90. The van der Waals surface area contributed by atoms with Crippen molar-refractivity contribution < 1.29 is 23.8 Å². The number of anilines is 1. The molecule has 6 nitrogen and oxygen atoms in total. The highest BCUT2D eigenvalue weighted by atomic mass is 16.5. The van der Waals surface area contributed by atoms with Crippen LogP contribution < -0.4 is 14.8 Å². The Morgan fingerprint density at radius 2 is 1.71 bits per heavy atom. The van der Waals surface area contributed by atoms with Gasteiger partial charge in [-0.25, -0.2) is 0 Å². The van der Waals surface area contributed by atoms with Crippen LogP contribution in [0.4, 0.5) is 5.69 Å². The molecule has 0 bridgehead atoms. The van der Waals surface area contributed by atoms with Gasteiger partial charge in [0.25, 0.3) is 5.91 Å². The van der Waals surface area contributed by atoms with Crippen molar-refractivity contribution in [3.63, 3.8) is 0 Å². The summed E-state index contributed by atoms with van der Waals surface area (Å²) in [7, 11) is 3.03. The second kappa shape index (κ2) is 8.90. The standard InChI is InChI=1S/C22H21NO5/c1-26-17-10-11-20(27-2)19(13-17)23-21(24)14-28-22(25)12-16-8-5-7-15-6-3-4-9-18(15)16/h3-11,13H,12,14H2,1-2H3,(H,23,24). The van der Waals surface area contributed by atoms with Gasteiger partial charge in [0.2, 0.25) is 0 Å². The van der Waals surface area contributed by atoms with E-state index < -0.39 is 11.9 Å². The van der Waals surface area contributed by atoms with Crippen molar-refractivity contribution >= 4 is 28.3 Å². The highest BCUT2D eigenvalue weighted by Crippen LogP contribution is 2.28. The van der Waals surface area contributed by atoms with Crippen LogP contribution in [-0.2, 0) is 20.7 Å². The maximum atomic E-state index is 12.2. The van der Waals surface area contributed by atoms with Crippen LogP contribution in [0.25, 0.3) is 10.8 Å². The number of carbonyl (C=O) groups excluding carboxylic acids is 2. The minimum absolute atomic E-state index is 0.0944. The summed E-state index contributed by atoms with van der Waals surface area (Å²) in [6.45, 7) is -0.385. The van der Waals surface area contributed by atoms with E-state index in [1.165, 1.54) is 14.2 Å². The molecule has 0 aromatic heterocycles. The van der Waals surface area contributed by atoms with Crippen LogP contribution >= 0.6 is 0 Å². The quantitative estimate of drug-likeness (QED) is 0.635. The molecule has 0 saturated carbocycles. The summed E-state index contributed by atoms with van der Waals surface area (Å²) >= 11 is 0. The van der Waals surface area contributed by atoms with Crippen molar-refractivity contribution in [1.29, 1.82) is 0 Å². The monoisotopic (exact) mass is 379 g/mol. The van der Waals surface area contributed by atoms with E-state index in [2.05, 4.69) is 5.32 Å². The molecule has 0 radical (unpaired) electrons. The Hall–Kier alpha value is -3.54. The number of methoxy groups -OCH3 is 2. The highest BCUT2D eigenvalue weighted by molar-refractivity contribution is 5.95. The zero-order valence-electron chi connectivity index (χ0n) is 15.7. The van der Waals surface area contributed by atoms with Crippen molar-refractivity contribution in [3.05, 3.63) is 66.2 Å². The largest absolute Gasteiger partial charge is 0.497 e. The predicted molar refractivity (Wildman–Crippen MR) is 107 cm³/mol. The van der Waals surface area contributed by atoms with E-state index in [-0.39, 0.29) is 13.0 Å². The normalized spacial score (nSPS) is 10.4. The number of carbonyl (C=O) groups is 2. The van der Waals surface area contributed by atoms with E-state index >= 15 is 0 Å². The second-order valence-electron chi connectivity index (χ2n) is 6.09. The van der Waals surface area contributed by atoms with E-state index in [4.69, 9.17) is 14.2 Å². The number of fused-ring (bicyclic) bond motifs is 1. The third-order valence-corrected chi connectivity index (χ3v) is 4.26. The first-order valence-corrected chi connectivity index (χ1v) is 8.75. The van der Waals surface area contributed by atoms with Gasteiger partial charge in [0.1, 0.15) is 11.5 Å². The molecular weight excluding hydrogens is 358 g/mol. The van der Waals surface area contributed by atoms with Gasteiger partial charge in [-0.15, -0.1) is 0 Å². The molecule has 0 aliphatic rings. The second-order valence-corrected chi connectivity index (χ2v) is 6.09. The molecule has 0 atom stereocenters. The lowest BCUT2D eigenvalue weighted by molar-refractivity contribution is -0.146. The molecule has 28 heavy (non-hydrogen) atoms. The number of nitrogens with one attached hydrogen (secondary N) is 1. The first-order valence-electron chi connectivity index (χ1n) is 8.75. The summed E-state index contributed by atoms with van der Waals surface area (Å²) < 4.78 is 15.5. The maximum absolute atomic E-state index is 12.2. The summed E-state index contributed by atoms with van der Waals surface area (Å²) in [5.41, 5.74) is 1.30. The van der Waals surface area contributed by atoms with E-state index in [0.717, 1.165) is 16.3 Å². The first kappa shape index (κ1) is 19.2.